The summed E-state index contributed by atoms with van der Waals surface area (Å²) in [6, 6.07) is 0. The Bertz CT molecular complexity index is 146. The molecule has 0 rings (SSSR count). The molecule has 0 aromatic rings. The van der Waals surface area contributed by atoms with Gasteiger partial charge in [-0.3, -0.25) is 0 Å². The van der Waals surface area contributed by atoms with E-state index in [1.807, 2.05) is 6.08 Å². The Kier molecular flexibility index (Phi) is 14.9. The predicted molar refractivity (Wildman–Crippen MR) is 52.1 cm³/mol. The smallest absolute Gasteiger partial charge is 0.0414 e. The first-order valence-corrected chi connectivity index (χ1v) is 5.08. The molecule has 0 aliphatic heterocycles. The quantitative estimate of drug-likeness (QED) is 0.356. The molecule has 0 atom stereocenters. The van der Waals surface area contributed by atoms with E-state index in [4.69, 9.17) is 0 Å². The van der Waals surface area contributed by atoms with Crippen molar-refractivity contribution in [2.24, 2.45) is 0 Å². The largest absolute Gasteiger partial charge is 0.550 e. The monoisotopic (exact) mass is 247 g/mol. The third kappa shape index (κ3) is 14.4. The maximum absolute atomic E-state index is 10.1. The molecule has 78 valence electrons. The molecule has 0 unspecified atom stereocenters. The summed E-state index contributed by atoms with van der Waals surface area (Å²) in [5.74, 6) is -0.924. The van der Waals surface area contributed by atoms with Gasteiger partial charge in [-0.05, 0) is 25.7 Å². The van der Waals surface area contributed by atoms with E-state index in [-0.39, 0.29) is 25.9 Å². The molecular formula is C11H19O2Zn-. The number of aliphatic carboxylic acids is 1. The van der Waals surface area contributed by atoms with Crippen LogP contribution in [0.5, 0.6) is 0 Å². The Morgan fingerprint density at radius 1 is 1.07 bits per heavy atom. The van der Waals surface area contributed by atoms with Gasteiger partial charge in [0.2, 0.25) is 0 Å². The number of carbonyl (C=O) groups excluding carboxylic acids is 1. The summed E-state index contributed by atoms with van der Waals surface area (Å²) in [5.41, 5.74) is 0. The fourth-order valence-electron chi connectivity index (χ4n) is 1.27. The van der Waals surface area contributed by atoms with Crippen LogP contribution in [-0.4, -0.2) is 5.97 Å². The van der Waals surface area contributed by atoms with Gasteiger partial charge in [-0.15, -0.1) is 6.58 Å². The fourth-order valence-corrected chi connectivity index (χ4v) is 1.27. The van der Waals surface area contributed by atoms with Crippen molar-refractivity contribution in [1.29, 1.82) is 0 Å². The van der Waals surface area contributed by atoms with Crippen molar-refractivity contribution in [3.05, 3.63) is 12.7 Å². The Morgan fingerprint density at radius 3 is 2.07 bits per heavy atom. The first-order valence-electron chi connectivity index (χ1n) is 5.08. The third-order valence-electron chi connectivity index (χ3n) is 2.04. The van der Waals surface area contributed by atoms with Crippen LogP contribution in [0.4, 0.5) is 0 Å². The first-order chi connectivity index (χ1) is 6.27. The van der Waals surface area contributed by atoms with Gasteiger partial charge < -0.3 is 9.90 Å². The van der Waals surface area contributed by atoms with E-state index in [1.54, 1.807) is 0 Å². The minimum Gasteiger partial charge on any atom is -0.550 e. The van der Waals surface area contributed by atoms with Crippen LogP contribution in [0.25, 0.3) is 0 Å². The number of carboxylic acid groups (broad SMARTS) is 1. The van der Waals surface area contributed by atoms with Crippen LogP contribution in [0.3, 0.4) is 0 Å². The van der Waals surface area contributed by atoms with Crippen LogP contribution in [-0.2, 0) is 24.3 Å². The third-order valence-corrected chi connectivity index (χ3v) is 2.04. The Hall–Kier alpha value is -0.167. The Morgan fingerprint density at radius 2 is 1.57 bits per heavy atom. The van der Waals surface area contributed by atoms with E-state index in [0.29, 0.717) is 0 Å². The molecule has 0 fully saturated rings. The zero-order chi connectivity index (χ0) is 9.94. The van der Waals surface area contributed by atoms with E-state index in [0.717, 1.165) is 25.7 Å². The van der Waals surface area contributed by atoms with Crippen LogP contribution in [0.15, 0.2) is 12.7 Å². The molecular weight excluding hydrogens is 230 g/mol. The minimum absolute atomic E-state index is 0. The van der Waals surface area contributed by atoms with Gasteiger partial charge in [0.25, 0.3) is 0 Å². The number of hydrogen-bond acceptors (Lipinski definition) is 2. The summed E-state index contributed by atoms with van der Waals surface area (Å²) in [7, 11) is 0. The summed E-state index contributed by atoms with van der Waals surface area (Å²) in [4.78, 5) is 10.1. The minimum atomic E-state index is -0.924. The Balaban J connectivity index is 0. The summed E-state index contributed by atoms with van der Waals surface area (Å²) >= 11 is 0. The number of hydrogen-bond donors (Lipinski definition) is 0. The second kappa shape index (κ2) is 12.8. The summed E-state index contributed by atoms with van der Waals surface area (Å²) in [6.45, 7) is 3.66. The number of carbonyl (C=O) groups is 1. The SMILES string of the molecule is C=CCCCCCCCCC(=O)[O-].[Zn]. The topological polar surface area (TPSA) is 40.1 Å². The van der Waals surface area contributed by atoms with Crippen LogP contribution in [0.2, 0.25) is 0 Å². The van der Waals surface area contributed by atoms with Gasteiger partial charge >= 0.3 is 0 Å². The predicted octanol–water partition coefficient (Wildman–Crippen LogP) is 2.04. The maximum atomic E-state index is 10.1. The Labute approximate surface area is 99.5 Å². The number of allylic oxidation sites excluding steroid dienone is 1. The summed E-state index contributed by atoms with van der Waals surface area (Å²) < 4.78 is 0. The van der Waals surface area contributed by atoms with Gasteiger partial charge in [-0.25, -0.2) is 0 Å². The zero-order valence-electron chi connectivity index (χ0n) is 8.96. The van der Waals surface area contributed by atoms with Crippen molar-refractivity contribution in [2.45, 2.75) is 51.4 Å². The van der Waals surface area contributed by atoms with E-state index in [1.165, 1.54) is 19.3 Å². The van der Waals surface area contributed by atoms with Gasteiger partial charge in [0.05, 0.1) is 0 Å². The first kappa shape index (κ1) is 16.3. The van der Waals surface area contributed by atoms with Gasteiger partial charge in [-0.1, -0.05) is 31.8 Å². The van der Waals surface area contributed by atoms with Crippen molar-refractivity contribution < 1.29 is 29.4 Å². The van der Waals surface area contributed by atoms with E-state index >= 15 is 0 Å². The summed E-state index contributed by atoms with van der Waals surface area (Å²) in [5, 5.41) is 10.1. The van der Waals surface area contributed by atoms with Crippen LogP contribution in [0.1, 0.15) is 51.4 Å². The molecule has 0 radical (unpaired) electrons. The maximum Gasteiger partial charge on any atom is 0.0414 e. The van der Waals surface area contributed by atoms with E-state index in [2.05, 4.69) is 6.58 Å². The average Bonchev–Trinajstić information content (AvgIpc) is 2.09. The van der Waals surface area contributed by atoms with Gasteiger partial charge in [0.15, 0.2) is 0 Å². The molecule has 0 amide bonds. The molecule has 0 saturated heterocycles. The van der Waals surface area contributed by atoms with Crippen molar-refractivity contribution in [1.82, 2.24) is 0 Å². The molecule has 0 N–H and O–H groups in total. The van der Waals surface area contributed by atoms with Crippen molar-refractivity contribution in [3.8, 4) is 0 Å². The van der Waals surface area contributed by atoms with Gasteiger partial charge in [0, 0.05) is 25.4 Å². The summed E-state index contributed by atoms with van der Waals surface area (Å²) in [6.07, 6.45) is 9.83. The van der Waals surface area contributed by atoms with Crippen LogP contribution < -0.4 is 5.11 Å². The molecule has 14 heavy (non-hydrogen) atoms. The molecule has 0 aliphatic carbocycles. The molecule has 0 heterocycles. The average molecular weight is 249 g/mol. The zero-order valence-corrected chi connectivity index (χ0v) is 11.9. The van der Waals surface area contributed by atoms with Crippen LogP contribution in [0, 0.1) is 0 Å². The molecule has 0 bridgehead atoms. The van der Waals surface area contributed by atoms with Crippen LogP contribution >= 0.6 is 0 Å². The van der Waals surface area contributed by atoms with Crippen molar-refractivity contribution >= 4 is 5.97 Å². The molecule has 0 aromatic heterocycles. The second-order valence-electron chi connectivity index (χ2n) is 3.32. The standard InChI is InChI=1S/C11H20O2.Zn/c1-2-3-4-5-6-7-8-9-10-11(12)13;/h2H,1,3-10H2,(H,12,13);/p-1. The van der Waals surface area contributed by atoms with Gasteiger partial charge in [0.1, 0.15) is 0 Å². The number of rotatable bonds is 9. The molecule has 2 nitrogen and oxygen atoms in total. The molecule has 0 aliphatic rings. The number of unbranched alkanes of at least 4 members (excludes halogenated alkanes) is 6. The normalized spacial score (nSPS) is 9.14. The molecule has 0 aromatic carbocycles. The van der Waals surface area contributed by atoms with E-state index < -0.39 is 5.97 Å². The molecule has 0 saturated carbocycles. The van der Waals surface area contributed by atoms with Gasteiger partial charge in [-0.2, -0.15) is 0 Å². The van der Waals surface area contributed by atoms with Crippen molar-refractivity contribution in [3.63, 3.8) is 0 Å². The molecule has 0 spiro atoms. The second-order valence-corrected chi connectivity index (χ2v) is 3.32. The van der Waals surface area contributed by atoms with Crippen molar-refractivity contribution in [2.75, 3.05) is 0 Å². The number of carboxylic acids is 1. The van der Waals surface area contributed by atoms with E-state index in [9.17, 15) is 9.90 Å². The fraction of sp³-hybridized carbons (Fsp3) is 0.727. The molecule has 3 heteroatoms.